The maximum absolute atomic E-state index is 12.2. The molecule has 1 heterocycles. The van der Waals surface area contributed by atoms with E-state index < -0.39 is 5.60 Å². The number of hydrogen-bond acceptors (Lipinski definition) is 3. The fourth-order valence-corrected chi connectivity index (χ4v) is 3.22. The summed E-state index contributed by atoms with van der Waals surface area (Å²) in [5, 5.41) is 3.63. The van der Waals surface area contributed by atoms with Crippen LogP contribution in [0.15, 0.2) is 0 Å². The minimum atomic E-state index is -0.409. The molecule has 1 atom stereocenters. The van der Waals surface area contributed by atoms with Crippen LogP contribution < -0.4 is 5.32 Å². The van der Waals surface area contributed by atoms with Crippen LogP contribution in [0.1, 0.15) is 59.8 Å². The van der Waals surface area contributed by atoms with E-state index in [2.05, 4.69) is 12.2 Å². The number of rotatable bonds is 4. The summed E-state index contributed by atoms with van der Waals surface area (Å²) in [6.07, 6.45) is 6.26. The first-order valence-electron chi connectivity index (χ1n) is 8.46. The highest BCUT2D eigenvalue weighted by Gasteiger charge is 2.35. The first-order valence-corrected chi connectivity index (χ1v) is 8.46. The molecule has 1 N–H and O–H groups in total. The van der Waals surface area contributed by atoms with Gasteiger partial charge in [-0.05, 0) is 64.3 Å². The van der Waals surface area contributed by atoms with E-state index in [1.807, 2.05) is 25.7 Å². The van der Waals surface area contributed by atoms with Gasteiger partial charge in [-0.25, -0.2) is 4.79 Å². The van der Waals surface area contributed by atoms with Crippen LogP contribution in [-0.2, 0) is 4.74 Å². The third-order valence-corrected chi connectivity index (χ3v) is 4.64. The smallest absolute Gasteiger partial charge is 0.410 e. The van der Waals surface area contributed by atoms with Gasteiger partial charge in [-0.2, -0.15) is 0 Å². The van der Waals surface area contributed by atoms with Crippen molar-refractivity contribution in [3.63, 3.8) is 0 Å². The minimum Gasteiger partial charge on any atom is -0.444 e. The highest BCUT2D eigenvalue weighted by atomic mass is 16.6. The van der Waals surface area contributed by atoms with E-state index in [4.69, 9.17) is 4.74 Å². The second kappa shape index (κ2) is 6.55. The van der Waals surface area contributed by atoms with E-state index in [1.165, 1.54) is 25.7 Å². The third-order valence-electron chi connectivity index (χ3n) is 4.64. The minimum absolute atomic E-state index is 0.160. The lowest BCUT2D eigenvalue weighted by Crippen LogP contribution is -2.50. The summed E-state index contributed by atoms with van der Waals surface area (Å²) in [5.74, 6) is 0.888. The van der Waals surface area contributed by atoms with Crippen molar-refractivity contribution in [1.82, 2.24) is 10.2 Å². The van der Waals surface area contributed by atoms with Crippen LogP contribution in [0.4, 0.5) is 4.79 Å². The van der Waals surface area contributed by atoms with Crippen molar-refractivity contribution in [2.45, 2.75) is 65.4 Å². The predicted octanol–water partition coefficient (Wildman–Crippen LogP) is 3.41. The highest BCUT2D eigenvalue weighted by Crippen LogP contribution is 2.30. The largest absolute Gasteiger partial charge is 0.444 e. The molecule has 21 heavy (non-hydrogen) atoms. The van der Waals surface area contributed by atoms with Gasteiger partial charge in [0.2, 0.25) is 0 Å². The Morgan fingerprint density at radius 3 is 2.62 bits per heavy atom. The Hall–Kier alpha value is -0.770. The zero-order valence-corrected chi connectivity index (χ0v) is 14.2. The molecule has 2 fully saturated rings. The molecular weight excluding hydrogens is 264 g/mol. The average molecular weight is 296 g/mol. The molecule has 1 unspecified atom stereocenters. The molecule has 0 aromatic carbocycles. The van der Waals surface area contributed by atoms with Crippen molar-refractivity contribution in [3.05, 3.63) is 0 Å². The van der Waals surface area contributed by atoms with E-state index in [-0.39, 0.29) is 11.5 Å². The Labute approximate surface area is 129 Å². The fraction of sp³-hybridized carbons (Fsp3) is 0.941. The van der Waals surface area contributed by atoms with Gasteiger partial charge < -0.3 is 15.0 Å². The van der Waals surface area contributed by atoms with Crippen LogP contribution in [-0.4, -0.2) is 42.8 Å². The average Bonchev–Trinajstić information content (AvgIpc) is 2.30. The lowest BCUT2D eigenvalue weighted by Gasteiger charge is -2.41. The lowest BCUT2D eigenvalue weighted by molar-refractivity contribution is 0.00660. The number of hydrogen-bond donors (Lipinski definition) is 1. The highest BCUT2D eigenvalue weighted by molar-refractivity contribution is 5.68. The van der Waals surface area contributed by atoms with Gasteiger partial charge >= 0.3 is 6.09 Å². The van der Waals surface area contributed by atoms with Gasteiger partial charge in [-0.3, -0.25) is 0 Å². The molecule has 1 amide bonds. The van der Waals surface area contributed by atoms with Crippen molar-refractivity contribution in [2.75, 3.05) is 26.2 Å². The zero-order chi connectivity index (χ0) is 15.5. The van der Waals surface area contributed by atoms with Crippen molar-refractivity contribution < 1.29 is 9.53 Å². The Kier molecular flexibility index (Phi) is 5.18. The summed E-state index contributed by atoms with van der Waals surface area (Å²) >= 11 is 0. The van der Waals surface area contributed by atoms with Crippen molar-refractivity contribution in [1.29, 1.82) is 0 Å². The molecule has 4 nitrogen and oxygen atoms in total. The van der Waals surface area contributed by atoms with E-state index >= 15 is 0 Å². The molecule has 1 saturated carbocycles. The number of piperidine rings is 1. The van der Waals surface area contributed by atoms with Crippen LogP contribution in [0.5, 0.6) is 0 Å². The first kappa shape index (κ1) is 16.6. The van der Waals surface area contributed by atoms with E-state index in [0.29, 0.717) is 0 Å². The number of amides is 1. The molecule has 0 aromatic rings. The lowest BCUT2D eigenvalue weighted by atomic mass is 9.81. The van der Waals surface area contributed by atoms with Crippen LogP contribution >= 0.6 is 0 Å². The van der Waals surface area contributed by atoms with E-state index in [9.17, 15) is 4.79 Å². The van der Waals surface area contributed by atoms with E-state index in [0.717, 1.165) is 38.5 Å². The molecule has 2 rings (SSSR count). The summed E-state index contributed by atoms with van der Waals surface area (Å²) < 4.78 is 5.51. The van der Waals surface area contributed by atoms with Crippen LogP contribution in [0.2, 0.25) is 0 Å². The number of nitrogens with one attached hydrogen (secondary N) is 1. The van der Waals surface area contributed by atoms with Crippen LogP contribution in [0.3, 0.4) is 0 Å². The Morgan fingerprint density at radius 1 is 1.33 bits per heavy atom. The molecule has 0 aromatic heterocycles. The van der Waals surface area contributed by atoms with Gasteiger partial charge in [0, 0.05) is 19.6 Å². The first-order chi connectivity index (χ1) is 9.77. The molecule has 1 saturated heterocycles. The summed E-state index contributed by atoms with van der Waals surface area (Å²) in [5.41, 5.74) is -0.230. The van der Waals surface area contributed by atoms with Gasteiger partial charge in [0.25, 0.3) is 0 Å². The normalized spacial score (nSPS) is 27.3. The van der Waals surface area contributed by atoms with Gasteiger partial charge in [-0.15, -0.1) is 0 Å². The van der Waals surface area contributed by atoms with Crippen molar-refractivity contribution in [2.24, 2.45) is 11.3 Å². The maximum atomic E-state index is 12.2. The standard InChI is InChI=1S/C17H32N2O2/c1-16(2,3)21-15(20)19-10-6-9-17(4,13-19)12-18-11-14-7-5-8-14/h14,18H,5-13H2,1-4H3. The molecule has 1 aliphatic carbocycles. The summed E-state index contributed by atoms with van der Waals surface area (Å²) in [7, 11) is 0. The molecule has 0 bridgehead atoms. The summed E-state index contributed by atoms with van der Waals surface area (Å²) in [6.45, 7) is 11.8. The summed E-state index contributed by atoms with van der Waals surface area (Å²) in [4.78, 5) is 14.1. The molecule has 0 radical (unpaired) electrons. The van der Waals surface area contributed by atoms with Gasteiger partial charge in [0.15, 0.2) is 0 Å². The Balaban J connectivity index is 1.79. The zero-order valence-electron chi connectivity index (χ0n) is 14.2. The third kappa shape index (κ3) is 5.17. The quantitative estimate of drug-likeness (QED) is 0.864. The van der Waals surface area contributed by atoms with Crippen molar-refractivity contribution >= 4 is 6.09 Å². The molecule has 2 aliphatic rings. The van der Waals surface area contributed by atoms with Gasteiger partial charge in [-0.1, -0.05) is 13.3 Å². The van der Waals surface area contributed by atoms with Gasteiger partial charge in [0.05, 0.1) is 0 Å². The Morgan fingerprint density at radius 2 is 2.05 bits per heavy atom. The number of carbonyl (C=O) groups excluding carboxylic acids is 1. The van der Waals surface area contributed by atoms with Crippen LogP contribution in [0.25, 0.3) is 0 Å². The SMILES string of the molecule is CC1(CNCC2CCC2)CCCN(C(=O)OC(C)(C)C)C1. The molecule has 122 valence electrons. The fourth-order valence-electron chi connectivity index (χ4n) is 3.22. The summed E-state index contributed by atoms with van der Waals surface area (Å²) in [6, 6.07) is 0. The second-order valence-electron chi connectivity index (χ2n) is 8.24. The number of carbonyl (C=O) groups is 1. The molecule has 4 heteroatoms. The topological polar surface area (TPSA) is 41.6 Å². The number of ether oxygens (including phenoxy) is 1. The maximum Gasteiger partial charge on any atom is 0.410 e. The predicted molar refractivity (Wildman–Crippen MR) is 85.4 cm³/mol. The second-order valence-corrected chi connectivity index (χ2v) is 8.24. The molecule has 1 aliphatic heterocycles. The van der Waals surface area contributed by atoms with Crippen molar-refractivity contribution in [3.8, 4) is 0 Å². The number of likely N-dealkylation sites (tertiary alicyclic amines) is 1. The van der Waals surface area contributed by atoms with Crippen LogP contribution in [0, 0.1) is 11.3 Å². The Bertz CT molecular complexity index is 360. The van der Waals surface area contributed by atoms with E-state index in [1.54, 1.807) is 0 Å². The monoisotopic (exact) mass is 296 g/mol. The van der Waals surface area contributed by atoms with Gasteiger partial charge in [0.1, 0.15) is 5.60 Å². The molecule has 0 spiro atoms. The number of nitrogens with zero attached hydrogens (tertiary/aromatic N) is 1. The molecular formula is C17H32N2O2.